The van der Waals surface area contributed by atoms with E-state index in [0.717, 1.165) is 17.8 Å². The minimum Gasteiger partial charge on any atom is -0.381 e. The van der Waals surface area contributed by atoms with E-state index in [9.17, 15) is 4.39 Å². The van der Waals surface area contributed by atoms with Gasteiger partial charge in [0.05, 0.1) is 0 Å². The van der Waals surface area contributed by atoms with E-state index >= 15 is 0 Å². The SMILES string of the molecule is Cc1cc(F)ccc1NCc1c(C)cccc1C. The van der Waals surface area contributed by atoms with Crippen LogP contribution in [0.15, 0.2) is 36.4 Å². The van der Waals surface area contributed by atoms with Crippen molar-refractivity contribution in [2.75, 3.05) is 5.32 Å². The summed E-state index contributed by atoms with van der Waals surface area (Å²) in [6.45, 7) is 6.91. The molecule has 1 nitrogen and oxygen atoms in total. The number of anilines is 1. The van der Waals surface area contributed by atoms with Gasteiger partial charge in [0.15, 0.2) is 0 Å². The first-order valence-corrected chi connectivity index (χ1v) is 6.13. The zero-order valence-electron chi connectivity index (χ0n) is 11.0. The third kappa shape index (κ3) is 2.70. The summed E-state index contributed by atoms with van der Waals surface area (Å²) in [7, 11) is 0. The van der Waals surface area contributed by atoms with Crippen LogP contribution in [-0.2, 0) is 6.54 Å². The Morgan fingerprint density at radius 1 is 0.944 bits per heavy atom. The number of aryl methyl sites for hydroxylation is 3. The fourth-order valence-corrected chi connectivity index (χ4v) is 2.14. The molecule has 0 unspecified atom stereocenters. The summed E-state index contributed by atoms with van der Waals surface area (Å²) < 4.78 is 13.0. The number of benzene rings is 2. The Morgan fingerprint density at radius 2 is 1.61 bits per heavy atom. The maximum absolute atomic E-state index is 13.0. The van der Waals surface area contributed by atoms with Crippen molar-refractivity contribution in [1.82, 2.24) is 0 Å². The van der Waals surface area contributed by atoms with E-state index < -0.39 is 0 Å². The molecule has 2 rings (SSSR count). The summed E-state index contributed by atoms with van der Waals surface area (Å²) in [5.41, 5.74) is 5.78. The van der Waals surface area contributed by atoms with Crippen molar-refractivity contribution in [3.63, 3.8) is 0 Å². The lowest BCUT2D eigenvalue weighted by molar-refractivity contribution is 0.627. The van der Waals surface area contributed by atoms with Crippen LogP contribution in [0.1, 0.15) is 22.3 Å². The first-order valence-electron chi connectivity index (χ1n) is 6.13. The monoisotopic (exact) mass is 243 g/mol. The minimum absolute atomic E-state index is 0.190. The van der Waals surface area contributed by atoms with Crippen molar-refractivity contribution >= 4 is 5.69 Å². The van der Waals surface area contributed by atoms with Gasteiger partial charge in [-0.1, -0.05) is 18.2 Å². The summed E-state index contributed by atoms with van der Waals surface area (Å²) in [6.07, 6.45) is 0. The second-order valence-electron chi connectivity index (χ2n) is 4.68. The standard InChI is InChI=1S/C16H18FN/c1-11-5-4-6-12(2)15(11)10-18-16-8-7-14(17)9-13(16)3/h4-9,18H,10H2,1-3H3. The normalized spacial score (nSPS) is 10.4. The molecule has 0 aliphatic carbocycles. The molecule has 0 aliphatic heterocycles. The molecule has 0 fully saturated rings. The van der Waals surface area contributed by atoms with Crippen molar-refractivity contribution < 1.29 is 4.39 Å². The maximum Gasteiger partial charge on any atom is 0.123 e. The molecular formula is C16H18FN. The average molecular weight is 243 g/mol. The van der Waals surface area contributed by atoms with Crippen LogP contribution in [0.4, 0.5) is 10.1 Å². The highest BCUT2D eigenvalue weighted by molar-refractivity contribution is 5.51. The van der Waals surface area contributed by atoms with Crippen molar-refractivity contribution in [3.8, 4) is 0 Å². The number of halogens is 1. The van der Waals surface area contributed by atoms with Crippen molar-refractivity contribution in [2.24, 2.45) is 0 Å². The second kappa shape index (κ2) is 5.21. The van der Waals surface area contributed by atoms with Gasteiger partial charge in [-0.05, 0) is 61.2 Å². The molecule has 0 spiro atoms. The van der Waals surface area contributed by atoms with E-state index in [0.29, 0.717) is 0 Å². The summed E-state index contributed by atoms with van der Waals surface area (Å²) in [6, 6.07) is 11.1. The summed E-state index contributed by atoms with van der Waals surface area (Å²) >= 11 is 0. The van der Waals surface area contributed by atoms with Crippen molar-refractivity contribution in [2.45, 2.75) is 27.3 Å². The quantitative estimate of drug-likeness (QED) is 0.844. The lowest BCUT2D eigenvalue weighted by Crippen LogP contribution is -2.04. The molecule has 0 atom stereocenters. The lowest BCUT2D eigenvalue weighted by atomic mass is 10.0. The van der Waals surface area contributed by atoms with Crippen LogP contribution in [0.5, 0.6) is 0 Å². The Bertz CT molecular complexity index is 541. The van der Waals surface area contributed by atoms with Gasteiger partial charge in [-0.3, -0.25) is 0 Å². The van der Waals surface area contributed by atoms with Crippen LogP contribution in [0.25, 0.3) is 0 Å². The van der Waals surface area contributed by atoms with Crippen LogP contribution in [-0.4, -0.2) is 0 Å². The molecular weight excluding hydrogens is 225 g/mol. The molecule has 2 aromatic carbocycles. The first-order chi connectivity index (χ1) is 8.58. The largest absolute Gasteiger partial charge is 0.381 e. The van der Waals surface area contributed by atoms with Crippen LogP contribution < -0.4 is 5.32 Å². The molecule has 1 N–H and O–H groups in total. The second-order valence-corrected chi connectivity index (χ2v) is 4.68. The van der Waals surface area contributed by atoms with Crippen LogP contribution in [0.2, 0.25) is 0 Å². The molecule has 2 aromatic rings. The molecule has 0 bridgehead atoms. The van der Waals surface area contributed by atoms with E-state index in [2.05, 4.69) is 37.4 Å². The highest BCUT2D eigenvalue weighted by atomic mass is 19.1. The van der Waals surface area contributed by atoms with Gasteiger partial charge in [0.2, 0.25) is 0 Å². The van der Waals surface area contributed by atoms with Crippen LogP contribution >= 0.6 is 0 Å². The molecule has 0 saturated heterocycles. The van der Waals surface area contributed by atoms with Gasteiger partial charge >= 0.3 is 0 Å². The van der Waals surface area contributed by atoms with Gasteiger partial charge in [-0.25, -0.2) is 4.39 Å². The Morgan fingerprint density at radius 3 is 2.22 bits per heavy atom. The number of hydrogen-bond donors (Lipinski definition) is 1. The molecule has 2 heteroatoms. The predicted octanol–water partition coefficient (Wildman–Crippen LogP) is 4.36. The molecule has 0 saturated carbocycles. The van der Waals surface area contributed by atoms with Gasteiger partial charge in [0.25, 0.3) is 0 Å². The molecule has 0 aromatic heterocycles. The molecule has 0 amide bonds. The van der Waals surface area contributed by atoms with E-state index in [1.54, 1.807) is 12.1 Å². The molecule has 18 heavy (non-hydrogen) atoms. The Balaban J connectivity index is 2.16. The van der Waals surface area contributed by atoms with Gasteiger partial charge < -0.3 is 5.32 Å². The first kappa shape index (κ1) is 12.6. The third-order valence-corrected chi connectivity index (χ3v) is 3.29. The predicted molar refractivity (Wildman–Crippen MR) is 74.4 cm³/mol. The number of nitrogens with one attached hydrogen (secondary N) is 1. The zero-order valence-corrected chi connectivity index (χ0v) is 11.0. The minimum atomic E-state index is -0.190. The van der Waals surface area contributed by atoms with Gasteiger partial charge in [0, 0.05) is 12.2 Å². The smallest absolute Gasteiger partial charge is 0.123 e. The zero-order chi connectivity index (χ0) is 13.1. The lowest BCUT2D eigenvalue weighted by Gasteiger charge is -2.13. The number of hydrogen-bond acceptors (Lipinski definition) is 1. The maximum atomic E-state index is 13.0. The Labute approximate surface area is 108 Å². The molecule has 0 radical (unpaired) electrons. The van der Waals surface area contributed by atoms with Gasteiger partial charge in [-0.15, -0.1) is 0 Å². The molecule has 94 valence electrons. The Kier molecular flexibility index (Phi) is 3.66. The van der Waals surface area contributed by atoms with Gasteiger partial charge in [-0.2, -0.15) is 0 Å². The fourth-order valence-electron chi connectivity index (χ4n) is 2.14. The topological polar surface area (TPSA) is 12.0 Å². The highest BCUT2D eigenvalue weighted by Gasteiger charge is 2.03. The van der Waals surface area contributed by atoms with E-state index in [-0.39, 0.29) is 5.82 Å². The Hall–Kier alpha value is -1.83. The summed E-state index contributed by atoms with van der Waals surface area (Å²) in [4.78, 5) is 0. The third-order valence-electron chi connectivity index (χ3n) is 3.29. The van der Waals surface area contributed by atoms with E-state index in [4.69, 9.17) is 0 Å². The summed E-state index contributed by atoms with van der Waals surface area (Å²) in [5, 5.41) is 3.37. The van der Waals surface area contributed by atoms with Crippen LogP contribution in [0.3, 0.4) is 0 Å². The molecule has 0 aliphatic rings. The van der Waals surface area contributed by atoms with E-state index in [1.165, 1.54) is 22.8 Å². The van der Waals surface area contributed by atoms with Crippen molar-refractivity contribution in [3.05, 3.63) is 64.5 Å². The van der Waals surface area contributed by atoms with Gasteiger partial charge in [0.1, 0.15) is 5.82 Å². The average Bonchev–Trinajstić information content (AvgIpc) is 2.31. The van der Waals surface area contributed by atoms with E-state index in [1.807, 2.05) is 6.92 Å². The fraction of sp³-hybridized carbons (Fsp3) is 0.250. The summed E-state index contributed by atoms with van der Waals surface area (Å²) in [5.74, 6) is -0.190. The van der Waals surface area contributed by atoms with Crippen LogP contribution in [0, 0.1) is 26.6 Å². The van der Waals surface area contributed by atoms with Crippen molar-refractivity contribution in [1.29, 1.82) is 0 Å². The number of rotatable bonds is 3. The molecule has 0 heterocycles. The highest BCUT2D eigenvalue weighted by Crippen LogP contribution is 2.19.